The normalized spacial score (nSPS) is 12.1. The first-order valence-corrected chi connectivity index (χ1v) is 7.41. The quantitative estimate of drug-likeness (QED) is 0.812. The van der Waals surface area contributed by atoms with Crippen LogP contribution in [0.15, 0.2) is 24.3 Å². The lowest BCUT2D eigenvalue weighted by Gasteiger charge is -2.38. The van der Waals surface area contributed by atoms with Crippen molar-refractivity contribution in [1.82, 2.24) is 5.32 Å². The van der Waals surface area contributed by atoms with Gasteiger partial charge in [-0.1, -0.05) is 18.2 Å². The van der Waals surface area contributed by atoms with Crippen molar-refractivity contribution < 1.29 is 14.6 Å². The van der Waals surface area contributed by atoms with Crippen LogP contribution in [0.1, 0.15) is 46.6 Å². The number of para-hydroxylation sites is 1. The summed E-state index contributed by atoms with van der Waals surface area (Å²) >= 11 is 0. The standard InChI is InChI=1S/C17H27NO3/c1-6-21-14-10-8-7-9-13(14)11-12-15(19)18-16(2,3)17(4,5)20/h7-10,20H,6,11-12H2,1-5H3,(H,18,19). The molecule has 0 heterocycles. The van der Waals surface area contributed by atoms with Gasteiger partial charge in [0.15, 0.2) is 0 Å². The Balaban J connectivity index is 2.62. The second-order valence-corrected chi connectivity index (χ2v) is 6.27. The number of carbonyl (C=O) groups excluding carboxylic acids is 1. The van der Waals surface area contributed by atoms with Gasteiger partial charge in [0, 0.05) is 6.42 Å². The summed E-state index contributed by atoms with van der Waals surface area (Å²) in [5, 5.41) is 12.9. The molecule has 1 rings (SSSR count). The highest BCUT2D eigenvalue weighted by Gasteiger charge is 2.36. The number of aliphatic hydroxyl groups is 1. The van der Waals surface area contributed by atoms with Crippen molar-refractivity contribution in [2.45, 2.75) is 58.6 Å². The maximum Gasteiger partial charge on any atom is 0.220 e. The summed E-state index contributed by atoms with van der Waals surface area (Å²) in [4.78, 5) is 12.1. The first kappa shape index (κ1) is 17.5. The van der Waals surface area contributed by atoms with Crippen LogP contribution in [0.3, 0.4) is 0 Å². The number of rotatable bonds is 7. The molecule has 0 bridgehead atoms. The maximum atomic E-state index is 12.1. The largest absolute Gasteiger partial charge is 0.494 e. The second-order valence-electron chi connectivity index (χ2n) is 6.27. The Morgan fingerprint density at radius 3 is 2.43 bits per heavy atom. The van der Waals surface area contributed by atoms with Gasteiger partial charge in [-0.05, 0) is 52.7 Å². The van der Waals surface area contributed by atoms with E-state index in [0.29, 0.717) is 19.4 Å². The van der Waals surface area contributed by atoms with Gasteiger partial charge in [-0.3, -0.25) is 4.79 Å². The summed E-state index contributed by atoms with van der Waals surface area (Å²) in [5.74, 6) is 0.753. The van der Waals surface area contributed by atoms with Crippen LogP contribution in [0.25, 0.3) is 0 Å². The Morgan fingerprint density at radius 1 is 1.24 bits per heavy atom. The fourth-order valence-corrected chi connectivity index (χ4v) is 1.82. The number of aryl methyl sites for hydroxylation is 1. The predicted molar refractivity (Wildman–Crippen MR) is 84.5 cm³/mol. The van der Waals surface area contributed by atoms with Crippen molar-refractivity contribution in [3.8, 4) is 5.75 Å². The van der Waals surface area contributed by atoms with Crippen LogP contribution in [0.5, 0.6) is 5.75 Å². The molecule has 118 valence electrons. The fraction of sp³-hybridized carbons (Fsp3) is 0.588. The Bertz CT molecular complexity index is 475. The summed E-state index contributed by atoms with van der Waals surface area (Å²) in [6, 6.07) is 7.75. The lowest BCUT2D eigenvalue weighted by atomic mass is 9.86. The number of hydrogen-bond donors (Lipinski definition) is 2. The van der Waals surface area contributed by atoms with Crippen molar-refractivity contribution in [3.05, 3.63) is 29.8 Å². The van der Waals surface area contributed by atoms with E-state index in [-0.39, 0.29) is 5.91 Å². The van der Waals surface area contributed by atoms with Crippen LogP contribution in [-0.2, 0) is 11.2 Å². The van der Waals surface area contributed by atoms with Gasteiger partial charge < -0.3 is 15.2 Å². The molecule has 0 aliphatic rings. The molecule has 4 heteroatoms. The number of nitrogens with one attached hydrogen (secondary N) is 1. The third-order valence-corrected chi connectivity index (χ3v) is 3.88. The predicted octanol–water partition coefficient (Wildman–Crippen LogP) is 2.68. The van der Waals surface area contributed by atoms with Crippen LogP contribution in [0.4, 0.5) is 0 Å². The van der Waals surface area contributed by atoms with Gasteiger partial charge in [-0.25, -0.2) is 0 Å². The summed E-state index contributed by atoms with van der Waals surface area (Å²) in [6.45, 7) is 9.57. The molecule has 1 aromatic carbocycles. The molecule has 2 N–H and O–H groups in total. The average molecular weight is 293 g/mol. The van der Waals surface area contributed by atoms with Crippen molar-refractivity contribution in [2.75, 3.05) is 6.61 Å². The Kier molecular flexibility index (Phi) is 5.78. The third kappa shape index (κ3) is 5.05. The lowest BCUT2D eigenvalue weighted by Crippen LogP contribution is -2.57. The van der Waals surface area contributed by atoms with Gasteiger partial charge in [0.2, 0.25) is 5.91 Å². The average Bonchev–Trinajstić information content (AvgIpc) is 2.36. The van der Waals surface area contributed by atoms with Gasteiger partial charge >= 0.3 is 0 Å². The smallest absolute Gasteiger partial charge is 0.220 e. The van der Waals surface area contributed by atoms with Crippen LogP contribution >= 0.6 is 0 Å². The van der Waals surface area contributed by atoms with E-state index in [1.165, 1.54) is 0 Å². The van der Waals surface area contributed by atoms with E-state index in [2.05, 4.69) is 5.32 Å². The van der Waals surface area contributed by atoms with E-state index >= 15 is 0 Å². The number of hydrogen-bond acceptors (Lipinski definition) is 3. The maximum absolute atomic E-state index is 12.1. The van der Waals surface area contributed by atoms with Crippen molar-refractivity contribution in [2.24, 2.45) is 0 Å². The zero-order valence-corrected chi connectivity index (χ0v) is 13.7. The number of ether oxygens (including phenoxy) is 1. The van der Waals surface area contributed by atoms with Crippen molar-refractivity contribution in [3.63, 3.8) is 0 Å². The first-order valence-electron chi connectivity index (χ1n) is 7.41. The van der Waals surface area contributed by atoms with Crippen LogP contribution in [0.2, 0.25) is 0 Å². The second kappa shape index (κ2) is 6.94. The van der Waals surface area contributed by atoms with E-state index in [9.17, 15) is 9.90 Å². The first-order chi connectivity index (χ1) is 9.67. The molecule has 1 aromatic rings. The molecule has 0 aromatic heterocycles. The number of benzene rings is 1. The molecule has 0 spiro atoms. The molecule has 0 saturated carbocycles. The van der Waals surface area contributed by atoms with E-state index in [1.54, 1.807) is 13.8 Å². The minimum Gasteiger partial charge on any atom is -0.494 e. The SMILES string of the molecule is CCOc1ccccc1CCC(=O)NC(C)(C)C(C)(C)O. The lowest BCUT2D eigenvalue weighted by molar-refractivity contribution is -0.126. The van der Waals surface area contributed by atoms with Gasteiger partial charge in [-0.15, -0.1) is 0 Å². The summed E-state index contributed by atoms with van der Waals surface area (Å²) in [6.07, 6.45) is 0.980. The monoisotopic (exact) mass is 293 g/mol. The Labute approximate surface area is 127 Å². The molecular weight excluding hydrogens is 266 g/mol. The summed E-state index contributed by atoms with van der Waals surface area (Å²) in [7, 11) is 0. The van der Waals surface area contributed by atoms with Crippen LogP contribution in [0, 0.1) is 0 Å². The third-order valence-electron chi connectivity index (χ3n) is 3.88. The zero-order chi connectivity index (χ0) is 16.1. The molecule has 0 atom stereocenters. The highest BCUT2D eigenvalue weighted by Crippen LogP contribution is 2.22. The van der Waals surface area contributed by atoms with Crippen LogP contribution in [-0.4, -0.2) is 28.8 Å². The van der Waals surface area contributed by atoms with E-state index < -0.39 is 11.1 Å². The summed E-state index contributed by atoms with van der Waals surface area (Å²) in [5.41, 5.74) is -0.634. The fourth-order valence-electron chi connectivity index (χ4n) is 1.82. The molecule has 4 nitrogen and oxygen atoms in total. The highest BCUT2D eigenvalue weighted by atomic mass is 16.5. The molecule has 21 heavy (non-hydrogen) atoms. The number of amides is 1. The minimum atomic E-state index is -0.980. The van der Waals surface area contributed by atoms with Gasteiger partial charge in [0.05, 0.1) is 17.7 Å². The van der Waals surface area contributed by atoms with E-state index in [1.807, 2.05) is 45.0 Å². The number of carbonyl (C=O) groups is 1. The zero-order valence-electron chi connectivity index (χ0n) is 13.7. The van der Waals surface area contributed by atoms with Crippen molar-refractivity contribution >= 4 is 5.91 Å². The highest BCUT2D eigenvalue weighted by molar-refractivity contribution is 5.77. The molecule has 0 saturated heterocycles. The molecular formula is C17H27NO3. The van der Waals surface area contributed by atoms with Crippen LogP contribution < -0.4 is 10.1 Å². The van der Waals surface area contributed by atoms with E-state index in [4.69, 9.17) is 4.74 Å². The minimum absolute atomic E-state index is 0.0755. The Hall–Kier alpha value is -1.55. The van der Waals surface area contributed by atoms with Crippen molar-refractivity contribution in [1.29, 1.82) is 0 Å². The molecule has 0 unspecified atom stereocenters. The molecule has 0 fully saturated rings. The van der Waals surface area contributed by atoms with E-state index in [0.717, 1.165) is 11.3 Å². The van der Waals surface area contributed by atoms with Gasteiger partial charge in [0.25, 0.3) is 0 Å². The molecule has 0 aliphatic carbocycles. The van der Waals surface area contributed by atoms with Gasteiger partial charge in [0.1, 0.15) is 5.75 Å². The Morgan fingerprint density at radius 2 is 1.86 bits per heavy atom. The van der Waals surface area contributed by atoms with Gasteiger partial charge in [-0.2, -0.15) is 0 Å². The topological polar surface area (TPSA) is 58.6 Å². The molecule has 0 radical (unpaired) electrons. The molecule has 1 amide bonds. The molecule has 0 aliphatic heterocycles. The summed E-state index contributed by atoms with van der Waals surface area (Å²) < 4.78 is 5.55.